The fourth-order valence-corrected chi connectivity index (χ4v) is 5.55. The second-order valence-electron chi connectivity index (χ2n) is 8.21. The van der Waals surface area contributed by atoms with Crippen molar-refractivity contribution in [2.45, 2.75) is 13.8 Å². The van der Waals surface area contributed by atoms with Crippen LogP contribution in [0, 0.1) is 13.8 Å². The third-order valence-corrected chi connectivity index (χ3v) is 7.12. The number of aryl methyl sites for hydroxylation is 2. The third kappa shape index (κ3) is 6.45. The van der Waals surface area contributed by atoms with Crippen molar-refractivity contribution in [3.63, 3.8) is 0 Å². The van der Waals surface area contributed by atoms with Crippen LogP contribution >= 0.6 is 47.2 Å². The summed E-state index contributed by atoms with van der Waals surface area (Å²) >= 11 is 18.7. The molecule has 3 aromatic rings. The van der Waals surface area contributed by atoms with Gasteiger partial charge < -0.3 is 14.8 Å². The Hall–Kier alpha value is -3.04. The van der Waals surface area contributed by atoms with Crippen molar-refractivity contribution in [1.82, 2.24) is 0 Å². The summed E-state index contributed by atoms with van der Waals surface area (Å²) in [5.74, 6) is 0.220. The summed E-state index contributed by atoms with van der Waals surface area (Å²) in [6, 6.07) is 15.8. The smallest absolute Gasteiger partial charge is 0.270 e. The van der Waals surface area contributed by atoms with Crippen LogP contribution in [-0.2, 0) is 9.59 Å². The molecule has 0 radical (unpaired) electrons. The largest absolute Gasteiger partial charge is 0.493 e. The number of benzene rings is 3. The lowest BCUT2D eigenvalue weighted by atomic mass is 10.1. The number of halogens is 2. The highest BCUT2D eigenvalue weighted by atomic mass is 35.5. The molecule has 6 nitrogen and oxygen atoms in total. The summed E-state index contributed by atoms with van der Waals surface area (Å²) in [7, 11) is 1.50. The Labute approximate surface area is 234 Å². The summed E-state index contributed by atoms with van der Waals surface area (Å²) in [6.07, 6.45) is 1.75. The molecule has 0 spiro atoms. The van der Waals surface area contributed by atoms with Crippen LogP contribution in [0.4, 0.5) is 11.4 Å². The molecular formula is C27H22Cl2N2O4S2. The van der Waals surface area contributed by atoms with Crippen LogP contribution in [0.15, 0.2) is 59.5 Å². The highest BCUT2D eigenvalue weighted by Crippen LogP contribution is 2.38. The first-order valence-corrected chi connectivity index (χ1v) is 13.0. The van der Waals surface area contributed by atoms with Crippen molar-refractivity contribution in [3.05, 3.63) is 86.2 Å². The monoisotopic (exact) mass is 572 g/mol. The minimum atomic E-state index is -0.389. The summed E-state index contributed by atoms with van der Waals surface area (Å²) < 4.78 is 11.6. The average molecular weight is 574 g/mol. The van der Waals surface area contributed by atoms with Gasteiger partial charge in [-0.15, -0.1) is 0 Å². The first kappa shape index (κ1) is 27.0. The van der Waals surface area contributed by atoms with Crippen molar-refractivity contribution < 1.29 is 19.1 Å². The van der Waals surface area contributed by atoms with Gasteiger partial charge in [-0.1, -0.05) is 70.9 Å². The number of methoxy groups -OCH3 is 1. The second-order valence-corrected chi connectivity index (χ2v) is 10.8. The maximum atomic E-state index is 13.2. The van der Waals surface area contributed by atoms with Crippen LogP contribution in [0.2, 0.25) is 10.0 Å². The van der Waals surface area contributed by atoms with Crippen molar-refractivity contribution in [2.24, 2.45) is 0 Å². The summed E-state index contributed by atoms with van der Waals surface area (Å²) in [6.45, 7) is 3.70. The normalized spacial score (nSPS) is 14.3. The number of thioether (sulfide) groups is 1. The van der Waals surface area contributed by atoms with Gasteiger partial charge in [0.25, 0.3) is 11.8 Å². The average Bonchev–Trinajstić information content (AvgIpc) is 3.10. The number of carbonyl (C=O) groups is 2. The Morgan fingerprint density at radius 1 is 1.05 bits per heavy atom. The highest BCUT2D eigenvalue weighted by molar-refractivity contribution is 8.27. The van der Waals surface area contributed by atoms with Crippen LogP contribution in [0.3, 0.4) is 0 Å². The van der Waals surface area contributed by atoms with Crippen molar-refractivity contribution in [3.8, 4) is 11.5 Å². The number of hydrogen-bond acceptors (Lipinski definition) is 6. The molecule has 0 saturated carbocycles. The molecule has 0 unspecified atom stereocenters. The van der Waals surface area contributed by atoms with E-state index in [-0.39, 0.29) is 18.4 Å². The van der Waals surface area contributed by atoms with Crippen LogP contribution in [0.5, 0.6) is 11.5 Å². The zero-order valence-electron chi connectivity index (χ0n) is 20.1. The van der Waals surface area contributed by atoms with E-state index >= 15 is 0 Å². The van der Waals surface area contributed by atoms with E-state index in [1.54, 1.807) is 47.4 Å². The standard InChI is InChI=1S/C27H22Cl2N2O4S2/c1-15-4-6-21(16(2)8-15)31-26(33)24(37-27(31)36)10-17-5-7-22(23(9-17)34-3)35-14-25(32)30-20-12-18(28)11-19(29)13-20/h4-13H,14H2,1-3H3,(H,30,32)/b24-10-. The number of hydrogen-bond donors (Lipinski definition) is 1. The van der Waals surface area contributed by atoms with Crippen LogP contribution < -0.4 is 19.7 Å². The Bertz CT molecular complexity index is 1420. The van der Waals surface area contributed by atoms with Gasteiger partial charge in [0.2, 0.25) is 0 Å². The Morgan fingerprint density at radius 3 is 2.46 bits per heavy atom. The van der Waals surface area contributed by atoms with E-state index in [0.29, 0.717) is 36.5 Å². The maximum absolute atomic E-state index is 13.2. The van der Waals surface area contributed by atoms with Gasteiger partial charge in [-0.05, 0) is 67.4 Å². The lowest BCUT2D eigenvalue weighted by Gasteiger charge is -2.17. The lowest BCUT2D eigenvalue weighted by molar-refractivity contribution is -0.118. The zero-order chi connectivity index (χ0) is 26.7. The summed E-state index contributed by atoms with van der Waals surface area (Å²) in [5, 5.41) is 3.50. The van der Waals surface area contributed by atoms with E-state index < -0.39 is 0 Å². The molecule has 10 heteroatoms. The molecule has 1 N–H and O–H groups in total. The number of rotatable bonds is 7. The minimum Gasteiger partial charge on any atom is -0.493 e. The third-order valence-electron chi connectivity index (χ3n) is 5.38. The van der Waals surface area contributed by atoms with Gasteiger partial charge in [0.1, 0.15) is 0 Å². The van der Waals surface area contributed by atoms with E-state index in [1.807, 2.05) is 32.0 Å². The van der Waals surface area contributed by atoms with E-state index in [1.165, 1.54) is 18.9 Å². The predicted molar refractivity (Wildman–Crippen MR) is 155 cm³/mol. The molecule has 1 saturated heterocycles. The molecule has 1 aliphatic rings. The molecule has 190 valence electrons. The van der Waals surface area contributed by atoms with Gasteiger partial charge in [0.15, 0.2) is 22.4 Å². The number of carbonyl (C=O) groups excluding carboxylic acids is 2. The van der Waals surface area contributed by atoms with E-state index in [2.05, 4.69) is 5.32 Å². The number of amides is 2. The van der Waals surface area contributed by atoms with E-state index in [0.717, 1.165) is 22.4 Å². The zero-order valence-corrected chi connectivity index (χ0v) is 23.3. The first-order valence-electron chi connectivity index (χ1n) is 11.1. The molecule has 1 fully saturated rings. The van der Waals surface area contributed by atoms with Crippen molar-refractivity contribution >= 4 is 80.8 Å². The lowest BCUT2D eigenvalue weighted by Crippen LogP contribution is -2.28. The Kier molecular flexibility index (Phi) is 8.44. The fourth-order valence-electron chi connectivity index (χ4n) is 3.74. The molecule has 1 heterocycles. The Morgan fingerprint density at radius 2 is 1.78 bits per heavy atom. The van der Waals surface area contributed by atoms with Gasteiger partial charge >= 0.3 is 0 Å². The molecule has 0 atom stereocenters. The SMILES string of the molecule is COc1cc(/C=C2\SC(=S)N(c3ccc(C)cc3C)C2=O)ccc1OCC(=O)Nc1cc(Cl)cc(Cl)c1. The molecule has 2 amide bonds. The van der Waals surface area contributed by atoms with Crippen LogP contribution in [-0.4, -0.2) is 29.9 Å². The molecule has 0 aromatic heterocycles. The molecule has 3 aromatic carbocycles. The minimum absolute atomic E-state index is 0.181. The van der Waals surface area contributed by atoms with Gasteiger partial charge in [0, 0.05) is 15.7 Å². The van der Waals surface area contributed by atoms with Gasteiger partial charge in [-0.2, -0.15) is 0 Å². The number of ether oxygens (including phenoxy) is 2. The molecule has 1 aliphatic heterocycles. The predicted octanol–water partition coefficient (Wildman–Crippen LogP) is 7.04. The molecule has 37 heavy (non-hydrogen) atoms. The number of nitrogens with zero attached hydrogens (tertiary/aromatic N) is 1. The summed E-state index contributed by atoms with van der Waals surface area (Å²) in [5.41, 5.74) is 4.05. The maximum Gasteiger partial charge on any atom is 0.270 e. The highest BCUT2D eigenvalue weighted by Gasteiger charge is 2.34. The van der Waals surface area contributed by atoms with Gasteiger partial charge in [0.05, 0.1) is 17.7 Å². The van der Waals surface area contributed by atoms with Crippen LogP contribution in [0.1, 0.15) is 16.7 Å². The fraction of sp³-hybridized carbons (Fsp3) is 0.148. The quantitative estimate of drug-likeness (QED) is 0.242. The topological polar surface area (TPSA) is 67.9 Å². The molecule has 0 bridgehead atoms. The summed E-state index contributed by atoms with van der Waals surface area (Å²) in [4.78, 5) is 27.6. The van der Waals surface area contributed by atoms with Gasteiger partial charge in [-0.3, -0.25) is 14.5 Å². The number of anilines is 2. The van der Waals surface area contributed by atoms with E-state index in [4.69, 9.17) is 44.9 Å². The second kappa shape index (κ2) is 11.6. The van der Waals surface area contributed by atoms with Gasteiger partial charge in [-0.25, -0.2) is 0 Å². The molecule has 0 aliphatic carbocycles. The van der Waals surface area contributed by atoms with Crippen molar-refractivity contribution in [1.29, 1.82) is 0 Å². The van der Waals surface area contributed by atoms with Crippen LogP contribution in [0.25, 0.3) is 6.08 Å². The number of nitrogens with one attached hydrogen (secondary N) is 1. The molecular weight excluding hydrogens is 551 g/mol. The van der Waals surface area contributed by atoms with Crippen molar-refractivity contribution in [2.75, 3.05) is 23.9 Å². The van der Waals surface area contributed by atoms with E-state index in [9.17, 15) is 9.59 Å². The Balaban J connectivity index is 1.46. The first-order chi connectivity index (χ1) is 17.6. The number of thiocarbonyl (C=S) groups is 1. The molecule has 4 rings (SSSR count).